The molecule has 0 atom stereocenters. The Morgan fingerprint density at radius 1 is 1.22 bits per heavy atom. The van der Waals surface area contributed by atoms with E-state index in [1.807, 2.05) is 0 Å². The van der Waals surface area contributed by atoms with Gasteiger partial charge in [-0.15, -0.1) is 0 Å². The molecule has 23 heavy (non-hydrogen) atoms. The van der Waals surface area contributed by atoms with Gasteiger partial charge in [0.2, 0.25) is 0 Å². The third-order valence-corrected chi connectivity index (χ3v) is 4.67. The van der Waals surface area contributed by atoms with Crippen LogP contribution in [-0.4, -0.2) is 51.5 Å². The van der Waals surface area contributed by atoms with E-state index < -0.39 is 21.8 Å². The molecule has 1 aromatic carbocycles. The Hall–Kier alpha value is -2.13. The number of carbonyl (C=O) groups is 2. The molecule has 3 N–H and O–H groups in total. The van der Waals surface area contributed by atoms with E-state index in [9.17, 15) is 18.0 Å². The first kappa shape index (κ1) is 18.9. The molecular weight excluding hydrogens is 324 g/mol. The molecule has 0 saturated heterocycles. The van der Waals surface area contributed by atoms with Crippen molar-refractivity contribution in [1.82, 2.24) is 5.32 Å². The number of hydrogen-bond donors (Lipinski definition) is 3. The first-order valence-electron chi connectivity index (χ1n) is 6.93. The van der Waals surface area contributed by atoms with Crippen molar-refractivity contribution < 1.29 is 27.9 Å². The van der Waals surface area contributed by atoms with Gasteiger partial charge < -0.3 is 20.5 Å². The molecule has 0 heterocycles. The van der Waals surface area contributed by atoms with Gasteiger partial charge in [0.1, 0.15) is 0 Å². The van der Waals surface area contributed by atoms with Crippen molar-refractivity contribution >= 4 is 27.5 Å². The third-order valence-electron chi connectivity index (χ3n) is 2.86. The van der Waals surface area contributed by atoms with E-state index in [0.717, 1.165) is 0 Å². The predicted octanol–water partition coefficient (Wildman–Crippen LogP) is 1.09. The molecule has 9 heteroatoms. The zero-order chi connectivity index (χ0) is 17.3. The van der Waals surface area contributed by atoms with Gasteiger partial charge in [0.25, 0.3) is 0 Å². The second kappa shape index (κ2) is 9.11. The molecule has 0 aliphatic carbocycles. The zero-order valence-corrected chi connectivity index (χ0v) is 13.6. The summed E-state index contributed by atoms with van der Waals surface area (Å²) in [5.41, 5.74) is 0.411. The number of anilines is 1. The number of aliphatic carboxylic acids is 1. The van der Waals surface area contributed by atoms with Gasteiger partial charge in [-0.25, -0.2) is 13.2 Å². The normalized spacial score (nSPS) is 11.0. The first-order valence-corrected chi connectivity index (χ1v) is 8.59. The van der Waals surface area contributed by atoms with E-state index in [0.29, 0.717) is 18.7 Å². The molecular formula is C14H20N2O6S. The summed E-state index contributed by atoms with van der Waals surface area (Å²) in [7, 11) is -1.87. The van der Waals surface area contributed by atoms with Gasteiger partial charge in [-0.05, 0) is 30.7 Å². The van der Waals surface area contributed by atoms with Gasteiger partial charge >= 0.3 is 12.0 Å². The number of carboxylic acid groups (broad SMARTS) is 1. The molecule has 0 radical (unpaired) electrons. The lowest BCUT2D eigenvalue weighted by Gasteiger charge is -2.08. The number of sulfone groups is 1. The molecule has 0 aliphatic rings. The molecule has 1 aromatic rings. The summed E-state index contributed by atoms with van der Waals surface area (Å²) >= 11 is 0. The summed E-state index contributed by atoms with van der Waals surface area (Å²) in [4.78, 5) is 22.0. The number of amides is 2. The maximum atomic E-state index is 12.0. The summed E-state index contributed by atoms with van der Waals surface area (Å²) in [6.07, 6.45) is 0.233. The van der Waals surface area contributed by atoms with Crippen LogP contribution in [0.15, 0.2) is 29.2 Å². The third kappa shape index (κ3) is 7.11. The Morgan fingerprint density at radius 3 is 2.43 bits per heavy atom. The van der Waals surface area contributed by atoms with Crippen LogP contribution < -0.4 is 10.6 Å². The fourth-order valence-electron chi connectivity index (χ4n) is 1.71. The first-order chi connectivity index (χ1) is 10.8. The van der Waals surface area contributed by atoms with Crippen LogP contribution in [0.1, 0.15) is 12.8 Å². The van der Waals surface area contributed by atoms with Crippen LogP contribution in [-0.2, 0) is 19.4 Å². The number of carboxylic acids is 1. The average molecular weight is 344 g/mol. The minimum atomic E-state index is -3.38. The summed E-state index contributed by atoms with van der Waals surface area (Å²) in [6, 6.07) is 5.21. The number of carbonyl (C=O) groups excluding carboxylic acids is 1. The van der Waals surface area contributed by atoms with Crippen molar-refractivity contribution in [3.05, 3.63) is 24.3 Å². The van der Waals surface area contributed by atoms with Gasteiger partial charge in [0, 0.05) is 25.9 Å². The fourth-order valence-corrected chi connectivity index (χ4v) is 3.00. The van der Waals surface area contributed by atoms with Crippen molar-refractivity contribution in [2.24, 2.45) is 0 Å². The lowest BCUT2D eigenvalue weighted by atomic mass is 10.3. The van der Waals surface area contributed by atoms with Gasteiger partial charge in [-0.1, -0.05) is 0 Å². The maximum absolute atomic E-state index is 12.0. The van der Waals surface area contributed by atoms with Crippen molar-refractivity contribution in [1.29, 1.82) is 0 Å². The predicted molar refractivity (Wildman–Crippen MR) is 84.3 cm³/mol. The topological polar surface area (TPSA) is 122 Å². The van der Waals surface area contributed by atoms with Gasteiger partial charge in [-0.2, -0.15) is 0 Å². The van der Waals surface area contributed by atoms with E-state index in [1.54, 1.807) is 0 Å². The molecule has 8 nitrogen and oxygen atoms in total. The van der Waals surface area contributed by atoms with Crippen LogP contribution in [0.25, 0.3) is 0 Å². The Balaban J connectivity index is 2.55. The number of nitrogens with one attached hydrogen (secondary N) is 2. The fraction of sp³-hybridized carbons (Fsp3) is 0.429. The molecule has 0 bridgehead atoms. The summed E-state index contributed by atoms with van der Waals surface area (Å²) in [6.45, 7) is 0.377. The number of benzene rings is 1. The van der Waals surface area contributed by atoms with Gasteiger partial charge in [-0.3, -0.25) is 4.79 Å². The molecule has 0 saturated carbocycles. The quantitative estimate of drug-likeness (QED) is 0.577. The number of methoxy groups -OCH3 is 1. The Morgan fingerprint density at radius 2 is 1.87 bits per heavy atom. The van der Waals surface area contributed by atoms with Crippen molar-refractivity contribution in [3.8, 4) is 0 Å². The lowest BCUT2D eigenvalue weighted by molar-refractivity contribution is -0.136. The molecule has 128 valence electrons. The largest absolute Gasteiger partial charge is 0.481 e. The highest BCUT2D eigenvalue weighted by Gasteiger charge is 2.14. The number of ether oxygens (including phenoxy) is 1. The van der Waals surface area contributed by atoms with E-state index >= 15 is 0 Å². The standard InChI is InChI=1S/C14H20N2O6S/c1-22-9-2-10-23(20,21)12-5-3-11(4-6-12)16-14(19)15-8-7-13(17)18/h3-6H,2,7-10H2,1H3,(H,17,18)(H2,15,16,19). The smallest absolute Gasteiger partial charge is 0.319 e. The lowest BCUT2D eigenvalue weighted by Crippen LogP contribution is -2.30. The number of urea groups is 1. The molecule has 0 unspecified atom stereocenters. The maximum Gasteiger partial charge on any atom is 0.319 e. The Kier molecular flexibility index (Phi) is 7.49. The highest BCUT2D eigenvalue weighted by atomic mass is 32.2. The van der Waals surface area contributed by atoms with Crippen molar-refractivity contribution in [3.63, 3.8) is 0 Å². The number of rotatable bonds is 9. The van der Waals surface area contributed by atoms with E-state index in [-0.39, 0.29) is 23.6 Å². The van der Waals surface area contributed by atoms with Gasteiger partial charge in [0.05, 0.1) is 17.1 Å². The molecule has 0 aliphatic heterocycles. The number of hydrogen-bond acceptors (Lipinski definition) is 5. The second-order valence-electron chi connectivity index (χ2n) is 4.71. The SMILES string of the molecule is COCCCS(=O)(=O)c1ccc(NC(=O)NCCC(=O)O)cc1. The molecule has 0 aromatic heterocycles. The highest BCUT2D eigenvalue weighted by molar-refractivity contribution is 7.91. The van der Waals surface area contributed by atoms with Gasteiger partial charge in [0.15, 0.2) is 9.84 Å². The van der Waals surface area contributed by atoms with Crippen LogP contribution >= 0.6 is 0 Å². The highest BCUT2D eigenvalue weighted by Crippen LogP contribution is 2.16. The molecule has 2 amide bonds. The summed E-state index contributed by atoms with van der Waals surface area (Å²) < 4.78 is 28.9. The van der Waals surface area contributed by atoms with Crippen LogP contribution in [0.4, 0.5) is 10.5 Å². The molecule has 1 rings (SSSR count). The Labute approximate surface area is 134 Å². The second-order valence-corrected chi connectivity index (χ2v) is 6.82. The van der Waals surface area contributed by atoms with Crippen molar-refractivity contribution in [2.45, 2.75) is 17.7 Å². The zero-order valence-electron chi connectivity index (χ0n) is 12.7. The molecule has 0 spiro atoms. The summed E-state index contributed by atoms with van der Waals surface area (Å²) in [5, 5.41) is 13.3. The van der Waals surface area contributed by atoms with Crippen LogP contribution in [0.2, 0.25) is 0 Å². The molecule has 0 fully saturated rings. The summed E-state index contributed by atoms with van der Waals surface area (Å²) in [5.74, 6) is -1.02. The average Bonchev–Trinajstić information content (AvgIpc) is 2.47. The van der Waals surface area contributed by atoms with E-state index in [4.69, 9.17) is 9.84 Å². The van der Waals surface area contributed by atoms with Crippen LogP contribution in [0.3, 0.4) is 0 Å². The van der Waals surface area contributed by atoms with E-state index in [2.05, 4.69) is 10.6 Å². The Bertz CT molecular complexity index is 627. The minimum Gasteiger partial charge on any atom is -0.481 e. The van der Waals surface area contributed by atoms with Crippen LogP contribution in [0, 0.1) is 0 Å². The van der Waals surface area contributed by atoms with Crippen LogP contribution in [0.5, 0.6) is 0 Å². The monoisotopic (exact) mass is 344 g/mol. The minimum absolute atomic E-state index is 0.00707. The van der Waals surface area contributed by atoms with E-state index in [1.165, 1.54) is 31.4 Å². The van der Waals surface area contributed by atoms with Crippen molar-refractivity contribution in [2.75, 3.05) is 31.3 Å².